The molecule has 4 rings (SSSR count). The second kappa shape index (κ2) is 5.91. The molecule has 1 aromatic carbocycles. The number of hydrogen-bond donors (Lipinski definition) is 0. The summed E-state index contributed by atoms with van der Waals surface area (Å²) < 4.78 is 2.24. The summed E-state index contributed by atoms with van der Waals surface area (Å²) in [6.45, 7) is 2.92. The Kier molecular flexibility index (Phi) is 3.61. The molecule has 2 aromatic heterocycles. The number of nitrogens with zero attached hydrogens (tertiary/aromatic N) is 5. The summed E-state index contributed by atoms with van der Waals surface area (Å²) in [6, 6.07) is 10.8. The molecule has 0 N–H and O–H groups in total. The quantitative estimate of drug-likeness (QED) is 0.730. The van der Waals surface area contributed by atoms with Crippen LogP contribution in [0.2, 0.25) is 0 Å². The Labute approximate surface area is 135 Å². The van der Waals surface area contributed by atoms with E-state index in [1.165, 1.54) is 5.56 Å². The van der Waals surface area contributed by atoms with Crippen molar-refractivity contribution in [2.24, 2.45) is 0 Å². The number of hydrogen-bond acceptors (Lipinski definition) is 4. The van der Waals surface area contributed by atoms with Gasteiger partial charge in [0.1, 0.15) is 12.2 Å². The highest BCUT2D eigenvalue weighted by Gasteiger charge is 2.22. The van der Waals surface area contributed by atoms with Crippen LogP contribution in [0, 0.1) is 6.92 Å². The molecular formula is C18H19N5. The fourth-order valence-corrected chi connectivity index (χ4v) is 3.36. The van der Waals surface area contributed by atoms with Crippen LogP contribution in [0.4, 0.5) is 0 Å². The molecule has 5 heteroatoms. The predicted octanol–water partition coefficient (Wildman–Crippen LogP) is 3.16. The van der Waals surface area contributed by atoms with E-state index in [9.17, 15) is 0 Å². The van der Waals surface area contributed by atoms with Crippen molar-refractivity contribution >= 4 is 0 Å². The van der Waals surface area contributed by atoms with Crippen LogP contribution in [-0.2, 0) is 13.0 Å². The Hall–Kier alpha value is -2.56. The average Bonchev–Trinajstić information content (AvgIpc) is 2.87. The topological polar surface area (TPSA) is 56.5 Å². The molecule has 0 spiro atoms. The van der Waals surface area contributed by atoms with E-state index in [1.54, 1.807) is 6.33 Å². The molecular weight excluding hydrogens is 286 g/mol. The van der Waals surface area contributed by atoms with E-state index >= 15 is 0 Å². The molecule has 1 atom stereocenters. The molecule has 1 unspecified atom stereocenters. The van der Waals surface area contributed by atoms with Crippen molar-refractivity contribution in [1.29, 1.82) is 0 Å². The number of aromatic nitrogens is 5. The minimum Gasteiger partial charge on any atom is -0.311 e. The van der Waals surface area contributed by atoms with Gasteiger partial charge in [-0.2, -0.15) is 0 Å². The van der Waals surface area contributed by atoms with Crippen LogP contribution in [0.1, 0.15) is 35.8 Å². The van der Waals surface area contributed by atoms with Crippen molar-refractivity contribution in [3.63, 3.8) is 0 Å². The summed E-state index contributed by atoms with van der Waals surface area (Å²) in [4.78, 5) is 8.42. The first-order valence-corrected chi connectivity index (χ1v) is 8.07. The van der Waals surface area contributed by atoms with Crippen LogP contribution < -0.4 is 0 Å². The molecule has 5 nitrogen and oxygen atoms in total. The SMILES string of the molecule is Cc1ncncc1-c1nnc2n1CCC(c1ccccc1)CC2. The first-order chi connectivity index (χ1) is 11.3. The molecule has 0 fully saturated rings. The van der Waals surface area contributed by atoms with Crippen LogP contribution in [-0.4, -0.2) is 24.7 Å². The van der Waals surface area contributed by atoms with Crippen LogP contribution in [0.3, 0.4) is 0 Å². The maximum Gasteiger partial charge on any atom is 0.167 e. The van der Waals surface area contributed by atoms with Gasteiger partial charge in [0, 0.05) is 19.2 Å². The van der Waals surface area contributed by atoms with Crippen LogP contribution >= 0.6 is 0 Å². The van der Waals surface area contributed by atoms with Gasteiger partial charge in [-0.15, -0.1) is 10.2 Å². The lowest BCUT2D eigenvalue weighted by atomic mass is 9.92. The van der Waals surface area contributed by atoms with Crippen LogP contribution in [0.15, 0.2) is 42.9 Å². The summed E-state index contributed by atoms with van der Waals surface area (Å²) in [7, 11) is 0. The van der Waals surface area contributed by atoms with Crippen molar-refractivity contribution in [3.05, 3.63) is 59.9 Å². The Morgan fingerprint density at radius 3 is 2.78 bits per heavy atom. The molecule has 0 saturated carbocycles. The third kappa shape index (κ3) is 2.63. The molecule has 0 bridgehead atoms. The Balaban J connectivity index is 1.65. The van der Waals surface area contributed by atoms with Gasteiger partial charge in [-0.3, -0.25) is 0 Å². The van der Waals surface area contributed by atoms with Gasteiger partial charge in [0.25, 0.3) is 0 Å². The summed E-state index contributed by atoms with van der Waals surface area (Å²) in [5.41, 5.74) is 3.34. The van der Waals surface area contributed by atoms with E-state index in [-0.39, 0.29) is 0 Å². The third-order valence-corrected chi connectivity index (χ3v) is 4.67. The maximum absolute atomic E-state index is 4.42. The summed E-state index contributed by atoms with van der Waals surface area (Å²) in [5.74, 6) is 2.55. The van der Waals surface area contributed by atoms with Crippen molar-refractivity contribution < 1.29 is 0 Å². The smallest absolute Gasteiger partial charge is 0.167 e. The Morgan fingerprint density at radius 2 is 1.96 bits per heavy atom. The van der Waals surface area contributed by atoms with E-state index < -0.39 is 0 Å². The number of rotatable bonds is 2. The fraction of sp³-hybridized carbons (Fsp3) is 0.333. The fourth-order valence-electron chi connectivity index (χ4n) is 3.36. The molecule has 3 aromatic rings. The summed E-state index contributed by atoms with van der Waals surface area (Å²) in [6.07, 6.45) is 6.59. The monoisotopic (exact) mass is 305 g/mol. The van der Waals surface area contributed by atoms with E-state index in [1.807, 2.05) is 13.1 Å². The lowest BCUT2D eigenvalue weighted by Crippen LogP contribution is -2.05. The van der Waals surface area contributed by atoms with Crippen LogP contribution in [0.25, 0.3) is 11.4 Å². The Bertz CT molecular complexity index is 809. The van der Waals surface area contributed by atoms with Gasteiger partial charge in [-0.25, -0.2) is 9.97 Å². The largest absolute Gasteiger partial charge is 0.311 e. The minimum absolute atomic E-state index is 0.582. The normalized spacial score (nSPS) is 17.5. The highest BCUT2D eigenvalue weighted by Crippen LogP contribution is 2.31. The number of fused-ring (bicyclic) bond motifs is 1. The highest BCUT2D eigenvalue weighted by molar-refractivity contribution is 5.56. The highest BCUT2D eigenvalue weighted by atomic mass is 15.3. The predicted molar refractivity (Wildman–Crippen MR) is 87.9 cm³/mol. The van der Waals surface area contributed by atoms with Gasteiger partial charge < -0.3 is 4.57 Å². The van der Waals surface area contributed by atoms with Crippen molar-refractivity contribution in [2.75, 3.05) is 0 Å². The molecule has 3 heterocycles. The van der Waals surface area contributed by atoms with Crippen molar-refractivity contribution in [2.45, 2.75) is 38.6 Å². The van der Waals surface area contributed by atoms with Crippen LogP contribution in [0.5, 0.6) is 0 Å². The number of benzene rings is 1. The molecule has 0 saturated heterocycles. The molecule has 1 aliphatic rings. The average molecular weight is 305 g/mol. The Morgan fingerprint density at radius 1 is 1.09 bits per heavy atom. The molecule has 1 aliphatic heterocycles. The number of aryl methyl sites for hydroxylation is 2. The zero-order chi connectivity index (χ0) is 15.6. The van der Waals surface area contributed by atoms with Gasteiger partial charge in [-0.1, -0.05) is 30.3 Å². The molecule has 0 radical (unpaired) electrons. The van der Waals surface area contributed by atoms with Gasteiger partial charge in [-0.05, 0) is 31.2 Å². The first kappa shape index (κ1) is 14.1. The molecule has 0 amide bonds. The lowest BCUT2D eigenvalue weighted by molar-refractivity contribution is 0.561. The first-order valence-electron chi connectivity index (χ1n) is 8.07. The van der Waals surface area contributed by atoms with Gasteiger partial charge in [0.2, 0.25) is 0 Å². The van der Waals surface area contributed by atoms with E-state index in [4.69, 9.17) is 0 Å². The third-order valence-electron chi connectivity index (χ3n) is 4.67. The standard InChI is InChI=1S/C18H19N5/c1-13-16(11-19-12-20-13)18-22-21-17-8-7-15(9-10-23(17)18)14-5-3-2-4-6-14/h2-6,11-12,15H,7-10H2,1H3. The maximum atomic E-state index is 4.42. The van der Waals surface area contributed by atoms with Gasteiger partial charge in [0.05, 0.1) is 11.3 Å². The minimum atomic E-state index is 0.582. The summed E-state index contributed by atoms with van der Waals surface area (Å²) in [5, 5.41) is 8.82. The molecule has 116 valence electrons. The van der Waals surface area contributed by atoms with E-state index in [0.29, 0.717) is 5.92 Å². The lowest BCUT2D eigenvalue weighted by Gasteiger charge is -2.14. The van der Waals surface area contributed by atoms with Gasteiger partial charge >= 0.3 is 0 Å². The second-order valence-corrected chi connectivity index (χ2v) is 6.05. The zero-order valence-electron chi connectivity index (χ0n) is 13.2. The van der Waals surface area contributed by atoms with Crippen molar-refractivity contribution in [1.82, 2.24) is 24.7 Å². The van der Waals surface area contributed by atoms with E-state index in [0.717, 1.165) is 48.7 Å². The van der Waals surface area contributed by atoms with E-state index in [2.05, 4.69) is 55.1 Å². The zero-order valence-corrected chi connectivity index (χ0v) is 13.2. The molecule has 23 heavy (non-hydrogen) atoms. The summed E-state index contributed by atoms with van der Waals surface area (Å²) >= 11 is 0. The second-order valence-electron chi connectivity index (χ2n) is 6.05. The van der Waals surface area contributed by atoms with Gasteiger partial charge in [0.15, 0.2) is 5.82 Å². The molecule has 0 aliphatic carbocycles. The van der Waals surface area contributed by atoms with Crippen molar-refractivity contribution in [3.8, 4) is 11.4 Å².